The van der Waals surface area contributed by atoms with Crippen LogP contribution in [0, 0.1) is 34.1 Å². The van der Waals surface area contributed by atoms with Crippen molar-refractivity contribution in [3.05, 3.63) is 150 Å². The molecular weight excluding hydrogens is 540 g/mol. The van der Waals surface area contributed by atoms with Gasteiger partial charge in [-0.2, -0.15) is 0 Å². The normalized spacial score (nSPS) is 13.4. The van der Waals surface area contributed by atoms with Gasteiger partial charge in [0.1, 0.15) is 12.2 Å². The van der Waals surface area contributed by atoms with E-state index in [1.807, 2.05) is 114 Å². The zero-order valence-electron chi connectivity index (χ0n) is 26.2. The van der Waals surface area contributed by atoms with E-state index in [0.29, 0.717) is 22.3 Å². The summed E-state index contributed by atoms with van der Waals surface area (Å²) in [6, 6.07) is 26.6. The van der Waals surface area contributed by atoms with Gasteiger partial charge in [0, 0.05) is 23.3 Å². The smallest absolute Gasteiger partial charge is 0.272 e. The molecule has 0 saturated carbocycles. The van der Waals surface area contributed by atoms with Gasteiger partial charge >= 0.3 is 0 Å². The van der Waals surface area contributed by atoms with E-state index >= 15 is 0 Å². The summed E-state index contributed by atoms with van der Waals surface area (Å²) in [7, 11) is 0. The number of nitro groups is 2. The van der Waals surface area contributed by atoms with Gasteiger partial charge in [-0.1, -0.05) is 114 Å². The van der Waals surface area contributed by atoms with Crippen molar-refractivity contribution in [2.75, 3.05) is 0 Å². The lowest BCUT2D eigenvalue weighted by molar-refractivity contribution is -0.385. The molecule has 7 nitrogen and oxygen atoms in total. The van der Waals surface area contributed by atoms with Crippen molar-refractivity contribution in [2.45, 2.75) is 78.4 Å². The van der Waals surface area contributed by atoms with Crippen LogP contribution in [0.1, 0.15) is 98.3 Å². The van der Waals surface area contributed by atoms with Crippen LogP contribution < -0.4 is 0 Å². The molecule has 43 heavy (non-hydrogen) atoms. The molecule has 0 radical (unpaired) electrons. The molecule has 0 aliphatic heterocycles. The van der Waals surface area contributed by atoms with Crippen LogP contribution in [0.25, 0.3) is 0 Å². The summed E-state index contributed by atoms with van der Waals surface area (Å²) in [5.41, 5.74) is 5.05. The first kappa shape index (κ1) is 31.6. The van der Waals surface area contributed by atoms with Gasteiger partial charge in [0.05, 0.1) is 9.85 Å². The first-order chi connectivity index (χ1) is 20.1. The second-order valence-electron chi connectivity index (χ2n) is 13.2. The highest BCUT2D eigenvalue weighted by Gasteiger charge is 2.32. The molecule has 4 rings (SSSR count). The maximum atomic E-state index is 12.3. The molecule has 0 spiro atoms. The number of rotatable bonds is 8. The quantitative estimate of drug-likeness (QED) is 0.153. The van der Waals surface area contributed by atoms with Crippen molar-refractivity contribution in [1.82, 2.24) is 0 Å². The van der Waals surface area contributed by atoms with Crippen molar-refractivity contribution < 1.29 is 14.6 Å². The van der Waals surface area contributed by atoms with Crippen LogP contribution in [0.3, 0.4) is 0 Å². The second-order valence-corrected chi connectivity index (χ2v) is 13.2. The summed E-state index contributed by atoms with van der Waals surface area (Å²) in [5, 5.41) is 24.5. The van der Waals surface area contributed by atoms with Gasteiger partial charge in [0.25, 0.3) is 11.4 Å². The summed E-state index contributed by atoms with van der Waals surface area (Å²) in [6.07, 6.45) is -1.41. The summed E-state index contributed by atoms with van der Waals surface area (Å²) in [5.74, 6) is 0. The van der Waals surface area contributed by atoms with Crippen LogP contribution in [-0.4, -0.2) is 9.85 Å². The van der Waals surface area contributed by atoms with Gasteiger partial charge < -0.3 is 4.74 Å². The molecule has 4 aromatic carbocycles. The maximum absolute atomic E-state index is 12.3. The minimum atomic E-state index is -0.704. The van der Waals surface area contributed by atoms with Crippen LogP contribution in [0.5, 0.6) is 0 Å². The molecule has 0 N–H and O–H groups in total. The van der Waals surface area contributed by atoms with E-state index in [4.69, 9.17) is 4.74 Å². The molecule has 0 aliphatic carbocycles. The topological polar surface area (TPSA) is 95.5 Å². The largest absolute Gasteiger partial charge is 0.356 e. The van der Waals surface area contributed by atoms with Gasteiger partial charge in [-0.3, -0.25) is 20.2 Å². The molecule has 2 unspecified atom stereocenters. The fourth-order valence-electron chi connectivity index (χ4n) is 5.29. The van der Waals surface area contributed by atoms with Gasteiger partial charge in [-0.25, -0.2) is 0 Å². The third-order valence-corrected chi connectivity index (χ3v) is 8.01. The highest BCUT2D eigenvalue weighted by Crippen LogP contribution is 2.43. The minimum Gasteiger partial charge on any atom is -0.356 e. The standard InChI is InChI=1S/C36H40N2O5/c1-23-29(19-27(35(3,4)5)21-31(23)37(39)40)33(25-15-11-9-12-16-25)43-34(26-17-13-10-14-18-26)30-20-28(36(6,7)8)22-32(24(30)2)38(41)42/h9-22,33-34H,1-8H3. The molecule has 0 heterocycles. The molecule has 2 atom stereocenters. The van der Waals surface area contributed by atoms with Crippen molar-refractivity contribution >= 4 is 11.4 Å². The van der Waals surface area contributed by atoms with Crippen molar-refractivity contribution in [3.8, 4) is 0 Å². The van der Waals surface area contributed by atoms with Gasteiger partial charge in [-0.05, 0) is 58.1 Å². The van der Waals surface area contributed by atoms with Gasteiger partial charge in [0.15, 0.2) is 0 Å². The van der Waals surface area contributed by atoms with E-state index in [0.717, 1.165) is 22.3 Å². The van der Waals surface area contributed by atoms with Crippen LogP contribution >= 0.6 is 0 Å². The van der Waals surface area contributed by atoms with Crippen LogP contribution in [-0.2, 0) is 15.6 Å². The molecule has 0 aliphatic rings. The summed E-state index contributed by atoms with van der Waals surface area (Å²) in [4.78, 5) is 23.8. The average Bonchev–Trinajstić information content (AvgIpc) is 2.94. The monoisotopic (exact) mass is 580 g/mol. The van der Waals surface area contributed by atoms with E-state index in [2.05, 4.69) is 0 Å². The zero-order chi connectivity index (χ0) is 31.7. The molecule has 4 aromatic rings. The van der Waals surface area contributed by atoms with Crippen molar-refractivity contribution in [1.29, 1.82) is 0 Å². The summed E-state index contributed by atoms with van der Waals surface area (Å²) in [6.45, 7) is 15.7. The Hall–Kier alpha value is -4.36. The average molecular weight is 581 g/mol. The van der Waals surface area contributed by atoms with Crippen molar-refractivity contribution in [3.63, 3.8) is 0 Å². The Bertz CT molecular complexity index is 1510. The summed E-state index contributed by atoms with van der Waals surface area (Å²) >= 11 is 0. The number of nitrogens with zero attached hydrogens (tertiary/aromatic N) is 2. The molecule has 0 aromatic heterocycles. The molecule has 0 amide bonds. The Morgan fingerprint density at radius 1 is 0.581 bits per heavy atom. The van der Waals surface area contributed by atoms with E-state index in [1.165, 1.54) is 0 Å². The number of hydrogen-bond acceptors (Lipinski definition) is 5. The Morgan fingerprint density at radius 3 is 1.19 bits per heavy atom. The van der Waals surface area contributed by atoms with Crippen LogP contribution in [0.4, 0.5) is 11.4 Å². The summed E-state index contributed by atoms with van der Waals surface area (Å²) < 4.78 is 7.12. The van der Waals surface area contributed by atoms with Gasteiger partial charge in [0.2, 0.25) is 0 Å². The second kappa shape index (κ2) is 12.1. The third-order valence-electron chi connectivity index (χ3n) is 8.01. The van der Waals surface area contributed by atoms with E-state index in [9.17, 15) is 20.2 Å². The van der Waals surface area contributed by atoms with Crippen LogP contribution in [0.2, 0.25) is 0 Å². The maximum Gasteiger partial charge on any atom is 0.272 e. The Kier molecular flexibility index (Phi) is 8.88. The lowest BCUT2D eigenvalue weighted by atomic mass is 9.82. The van der Waals surface area contributed by atoms with Gasteiger partial charge in [-0.15, -0.1) is 0 Å². The SMILES string of the molecule is Cc1c(C(OC(c2ccccc2)c2cc(C(C)(C)C)cc([N+](=O)[O-])c2C)c2ccccc2)cc(C(C)(C)C)cc1[N+](=O)[O-]. The molecule has 0 fully saturated rings. The van der Waals surface area contributed by atoms with Crippen molar-refractivity contribution in [2.24, 2.45) is 0 Å². The molecular formula is C36H40N2O5. The molecule has 7 heteroatoms. The molecule has 224 valence electrons. The van der Waals surface area contributed by atoms with Crippen LogP contribution in [0.15, 0.2) is 84.9 Å². The Balaban J connectivity index is 2.04. The predicted molar refractivity (Wildman–Crippen MR) is 171 cm³/mol. The fraction of sp³-hybridized carbons (Fsp3) is 0.333. The lowest BCUT2D eigenvalue weighted by Gasteiger charge is -2.30. The van der Waals surface area contributed by atoms with E-state index in [-0.39, 0.29) is 32.1 Å². The third kappa shape index (κ3) is 6.83. The minimum absolute atomic E-state index is 0.0322. The first-order valence-corrected chi connectivity index (χ1v) is 14.4. The zero-order valence-corrected chi connectivity index (χ0v) is 26.2. The van der Waals surface area contributed by atoms with E-state index < -0.39 is 12.2 Å². The number of hydrogen-bond donors (Lipinski definition) is 0. The number of nitro benzene ring substituents is 2. The Labute approximate surface area is 253 Å². The van der Waals surface area contributed by atoms with E-state index in [1.54, 1.807) is 26.0 Å². The lowest BCUT2D eigenvalue weighted by Crippen LogP contribution is -2.19. The molecule has 0 bridgehead atoms. The number of ether oxygens (including phenoxy) is 1. The fourth-order valence-corrected chi connectivity index (χ4v) is 5.29. The molecule has 0 saturated heterocycles. The first-order valence-electron chi connectivity index (χ1n) is 14.4. The Morgan fingerprint density at radius 2 is 0.907 bits per heavy atom. The highest BCUT2D eigenvalue weighted by atomic mass is 16.6. The predicted octanol–water partition coefficient (Wildman–Crippen LogP) is 9.61. The highest BCUT2D eigenvalue weighted by molar-refractivity contribution is 5.54. The number of benzene rings is 4.